The van der Waals surface area contributed by atoms with Crippen LogP contribution in [0.4, 0.5) is 5.13 Å². The molecule has 0 unspecified atom stereocenters. The molecule has 2 atom stereocenters. The molecule has 15 nitrogen and oxygen atoms in total. The second-order valence-corrected chi connectivity index (χ2v) is 11.1. The maximum atomic E-state index is 13.2. The van der Waals surface area contributed by atoms with Crippen LogP contribution >= 0.6 is 23.1 Å². The van der Waals surface area contributed by atoms with Crippen LogP contribution in [0.1, 0.15) is 19.0 Å². The molecule has 0 radical (unpaired) electrons. The lowest BCUT2D eigenvalue weighted by Crippen LogP contribution is -2.71. The van der Waals surface area contributed by atoms with Crippen LogP contribution in [0.2, 0.25) is 0 Å². The number of anilines is 1. The van der Waals surface area contributed by atoms with E-state index in [1.54, 1.807) is 12.3 Å². The van der Waals surface area contributed by atoms with Gasteiger partial charge in [-0.15, -0.1) is 23.1 Å². The number of nitrogens with two attached hydrogens (primary N) is 2. The van der Waals surface area contributed by atoms with Gasteiger partial charge in [-0.05, 0) is 37.6 Å². The highest BCUT2D eigenvalue weighted by atomic mass is 32.2. The smallest absolute Gasteiger partial charge is 0.352 e. The van der Waals surface area contributed by atoms with E-state index in [0.29, 0.717) is 17.9 Å². The highest BCUT2D eigenvalue weighted by Crippen LogP contribution is 2.41. The van der Waals surface area contributed by atoms with Crippen LogP contribution in [0.15, 0.2) is 58.0 Å². The van der Waals surface area contributed by atoms with Crippen molar-refractivity contribution >= 4 is 51.7 Å². The lowest BCUT2D eigenvalue weighted by Gasteiger charge is -2.49. The Labute approximate surface area is 243 Å². The molecule has 2 amide bonds. The van der Waals surface area contributed by atoms with E-state index in [4.69, 9.17) is 16.3 Å². The summed E-state index contributed by atoms with van der Waals surface area (Å²) in [6.45, 7) is 3.53. The van der Waals surface area contributed by atoms with E-state index in [2.05, 4.69) is 26.2 Å². The van der Waals surface area contributed by atoms with Gasteiger partial charge in [0.1, 0.15) is 41.1 Å². The molecule has 8 N–H and O–H groups in total. The van der Waals surface area contributed by atoms with Crippen LogP contribution in [-0.2, 0) is 19.2 Å². The first-order valence-corrected chi connectivity index (χ1v) is 14.7. The number of thiazole rings is 1. The highest BCUT2D eigenvalue weighted by Gasteiger charge is 2.54. The molecule has 0 spiro atoms. The summed E-state index contributed by atoms with van der Waals surface area (Å²) in [6, 6.07) is -0.936. The van der Waals surface area contributed by atoms with Crippen molar-refractivity contribution in [3.8, 4) is 0 Å². The van der Waals surface area contributed by atoms with Crippen LogP contribution in [0, 0.1) is 0 Å². The molecule has 0 bridgehead atoms. The number of nitrogen functional groups attached to an aromatic ring is 1. The van der Waals surface area contributed by atoms with Gasteiger partial charge in [-0.3, -0.25) is 19.9 Å². The number of carboxylic acids is 1. The number of carboxylic acid groups (broad SMARTS) is 1. The number of hydrogen-bond acceptors (Lipinski definition) is 14. The first-order chi connectivity index (χ1) is 19.8. The average molecular weight is 603 g/mol. The van der Waals surface area contributed by atoms with E-state index in [1.807, 2.05) is 34.5 Å². The van der Waals surface area contributed by atoms with Crippen LogP contribution in [0.3, 0.4) is 0 Å². The largest absolute Gasteiger partial charge is 0.477 e. The maximum absolute atomic E-state index is 13.2. The number of rotatable bonds is 12. The number of aliphatic carboxylic acids is 1. The lowest BCUT2D eigenvalue weighted by atomic mass is 10.0. The van der Waals surface area contributed by atoms with Crippen molar-refractivity contribution in [3.05, 3.63) is 58.5 Å². The van der Waals surface area contributed by atoms with E-state index in [1.165, 1.54) is 16.7 Å². The van der Waals surface area contributed by atoms with E-state index < -0.39 is 29.2 Å². The van der Waals surface area contributed by atoms with Gasteiger partial charge in [-0.2, -0.15) is 0 Å². The molecule has 0 aromatic carbocycles. The van der Waals surface area contributed by atoms with Crippen molar-refractivity contribution in [1.82, 2.24) is 35.9 Å². The standard InChI is InChI=1S/C24H30N10O5S2/c1-2-39-31-17(14-12-41-24(26)28-14)20(35)29-18-21(36)34-19(23(37)38)13(11-40-22(18)34)10-32-8-9-33-16(32)5-4-15(30-33)27-7-3-6-25/h4-5,8-9,12,18,22,27,30H,2-3,6-7,10-11,25H2,1H3,(H2,26,28)(H,29,35)(H,37,38)/b31-17-/t18-,22+/m1/s1. The highest BCUT2D eigenvalue weighted by molar-refractivity contribution is 8.00. The van der Waals surface area contributed by atoms with Gasteiger partial charge in [-0.25, -0.2) is 14.8 Å². The molecule has 41 heavy (non-hydrogen) atoms. The van der Waals surface area contributed by atoms with E-state index in [-0.39, 0.29) is 35.4 Å². The fourth-order valence-corrected chi connectivity index (χ4v) is 6.42. The predicted molar refractivity (Wildman–Crippen MR) is 153 cm³/mol. The number of oxime groups is 1. The van der Waals surface area contributed by atoms with Gasteiger partial charge in [0.2, 0.25) is 0 Å². The quantitative estimate of drug-likeness (QED) is 0.0769. The minimum absolute atomic E-state index is 0.0735. The minimum atomic E-state index is -1.21. The van der Waals surface area contributed by atoms with Crippen LogP contribution in [-0.4, -0.2) is 91.8 Å². The molecule has 1 aromatic rings. The van der Waals surface area contributed by atoms with Gasteiger partial charge < -0.3 is 36.9 Å². The van der Waals surface area contributed by atoms with E-state index in [0.717, 1.165) is 35.9 Å². The van der Waals surface area contributed by atoms with Gasteiger partial charge in [0.25, 0.3) is 11.8 Å². The number of carbonyl (C=O) groups excluding carboxylic acids is 2. The summed E-state index contributed by atoms with van der Waals surface area (Å²) in [5.41, 5.74) is 15.1. The number of β-lactam (4-membered cyclic amide) rings is 1. The molecule has 0 saturated carbocycles. The zero-order valence-corrected chi connectivity index (χ0v) is 23.7. The molecule has 218 valence electrons. The minimum Gasteiger partial charge on any atom is -0.477 e. The summed E-state index contributed by atoms with van der Waals surface area (Å²) >= 11 is 2.52. The van der Waals surface area contributed by atoms with Crippen molar-refractivity contribution in [2.45, 2.75) is 24.8 Å². The van der Waals surface area contributed by atoms with Crippen LogP contribution < -0.4 is 27.5 Å². The molecule has 5 heterocycles. The summed E-state index contributed by atoms with van der Waals surface area (Å²) < 4.78 is 0. The number of hydrazine groups is 1. The fourth-order valence-electron chi connectivity index (χ4n) is 4.54. The Hall–Kier alpha value is -4.22. The van der Waals surface area contributed by atoms with Crippen molar-refractivity contribution in [3.63, 3.8) is 0 Å². The summed E-state index contributed by atoms with van der Waals surface area (Å²) in [4.78, 5) is 50.9. The fraction of sp³-hybridized carbons (Fsp3) is 0.375. The van der Waals surface area contributed by atoms with Crippen molar-refractivity contribution in [1.29, 1.82) is 0 Å². The number of fused-ring (bicyclic) bond motifs is 2. The monoisotopic (exact) mass is 602 g/mol. The first-order valence-electron chi connectivity index (χ1n) is 12.8. The molecule has 17 heteroatoms. The molecule has 5 rings (SSSR count). The Balaban J connectivity index is 1.29. The van der Waals surface area contributed by atoms with E-state index >= 15 is 0 Å². The Morgan fingerprint density at radius 2 is 2.17 bits per heavy atom. The SMILES string of the molecule is CCO/N=C(\C(=O)N[C@@H]1C(=O)N2C(C(=O)O)=C(CN3C=CN4NC(NCCCN)=CC=C34)CS[C@@H]12)c1csc(N)n1. The van der Waals surface area contributed by atoms with Gasteiger partial charge in [-0.1, -0.05) is 5.16 Å². The molecule has 0 aliphatic carbocycles. The predicted octanol–water partition coefficient (Wildman–Crippen LogP) is -0.567. The molecule has 1 fully saturated rings. The number of allylic oxidation sites excluding steroid dienone is 2. The van der Waals surface area contributed by atoms with Crippen molar-refractivity contribution in [2.24, 2.45) is 10.9 Å². The third-order valence-electron chi connectivity index (χ3n) is 6.44. The van der Waals surface area contributed by atoms with E-state index in [9.17, 15) is 19.5 Å². The number of nitrogens with one attached hydrogen (secondary N) is 3. The number of amides is 2. The van der Waals surface area contributed by atoms with Gasteiger partial charge in [0.15, 0.2) is 10.8 Å². The summed E-state index contributed by atoms with van der Waals surface area (Å²) in [6.07, 6.45) is 8.32. The molecule has 1 aromatic heterocycles. The first kappa shape index (κ1) is 28.3. The Kier molecular flexibility index (Phi) is 8.36. The molecule has 4 aliphatic heterocycles. The maximum Gasteiger partial charge on any atom is 0.352 e. The van der Waals surface area contributed by atoms with Crippen LogP contribution in [0.25, 0.3) is 0 Å². The second kappa shape index (κ2) is 12.1. The number of thioether (sulfide) groups is 1. The normalized spacial score (nSPS) is 21.5. The number of hydrogen-bond donors (Lipinski definition) is 6. The molecular weight excluding hydrogens is 572 g/mol. The summed E-state index contributed by atoms with van der Waals surface area (Å²) in [5.74, 6) is -0.408. The van der Waals surface area contributed by atoms with Crippen LogP contribution in [0.5, 0.6) is 0 Å². The lowest BCUT2D eigenvalue weighted by molar-refractivity contribution is -0.150. The topological polar surface area (TPSA) is 204 Å². The Bertz CT molecular complexity index is 1390. The molecule has 4 aliphatic rings. The Morgan fingerprint density at radius 1 is 1.34 bits per heavy atom. The van der Waals surface area contributed by atoms with Crippen molar-refractivity contribution < 1.29 is 24.3 Å². The van der Waals surface area contributed by atoms with Crippen molar-refractivity contribution in [2.75, 3.05) is 37.7 Å². The zero-order valence-electron chi connectivity index (χ0n) is 22.1. The second-order valence-electron chi connectivity index (χ2n) is 9.13. The number of nitrogens with zero attached hydrogens (tertiary/aromatic N) is 5. The third kappa shape index (κ3) is 5.68. The Morgan fingerprint density at radius 3 is 2.88 bits per heavy atom. The number of carbonyl (C=O) groups is 3. The molecular formula is C24H30N10O5S2. The third-order valence-corrected chi connectivity index (χ3v) is 8.45. The summed E-state index contributed by atoms with van der Waals surface area (Å²) in [7, 11) is 0. The average Bonchev–Trinajstić information content (AvgIpc) is 3.57. The number of aromatic nitrogens is 1. The van der Waals surface area contributed by atoms with Gasteiger partial charge >= 0.3 is 5.97 Å². The van der Waals surface area contributed by atoms with Gasteiger partial charge in [0, 0.05) is 36.6 Å². The zero-order chi connectivity index (χ0) is 29.1. The van der Waals surface area contributed by atoms with Gasteiger partial charge in [0.05, 0.1) is 0 Å². The summed E-state index contributed by atoms with van der Waals surface area (Å²) in [5, 5.41) is 22.9. The molecule has 1 saturated heterocycles.